The van der Waals surface area contributed by atoms with Crippen molar-refractivity contribution in [2.45, 2.75) is 39.5 Å². The van der Waals surface area contributed by atoms with Gasteiger partial charge in [-0.05, 0) is 63.4 Å². The second-order valence-corrected chi connectivity index (χ2v) is 8.02. The largest absolute Gasteiger partial charge is 0.494 e. The molecule has 0 saturated carbocycles. The van der Waals surface area contributed by atoms with Crippen LogP contribution in [0.2, 0.25) is 0 Å². The number of carboxylic acid groups (broad SMARTS) is 1. The highest BCUT2D eigenvalue weighted by Crippen LogP contribution is 2.33. The third-order valence-corrected chi connectivity index (χ3v) is 5.84. The molecule has 1 N–H and O–H groups in total. The summed E-state index contributed by atoms with van der Waals surface area (Å²) in [5, 5.41) is 9.97. The Kier molecular flexibility index (Phi) is 6.77. The van der Waals surface area contributed by atoms with Crippen LogP contribution in [0.25, 0.3) is 33.3 Å². The van der Waals surface area contributed by atoms with Gasteiger partial charge >= 0.3 is 5.97 Å². The number of hydrogen-bond acceptors (Lipinski definition) is 6. The topological polar surface area (TPSA) is 92.9 Å². The Bertz CT molecular complexity index is 1310. The average Bonchev–Trinajstić information content (AvgIpc) is 2.81. The Hall–Kier alpha value is -3.61. The molecule has 7 nitrogen and oxygen atoms in total. The van der Waals surface area contributed by atoms with Crippen LogP contribution in [0, 0.1) is 0 Å². The van der Waals surface area contributed by atoms with Gasteiger partial charge in [0.05, 0.1) is 6.61 Å². The lowest BCUT2D eigenvalue weighted by Crippen LogP contribution is -2.21. The van der Waals surface area contributed by atoms with Crippen LogP contribution in [0.15, 0.2) is 51.7 Å². The van der Waals surface area contributed by atoms with E-state index in [1.807, 2.05) is 24.3 Å². The molecule has 0 unspecified atom stereocenters. The van der Waals surface area contributed by atoms with E-state index >= 15 is 0 Å². The van der Waals surface area contributed by atoms with E-state index in [-0.39, 0.29) is 11.8 Å². The Labute approximate surface area is 191 Å². The van der Waals surface area contributed by atoms with Crippen molar-refractivity contribution in [1.29, 1.82) is 0 Å². The molecule has 2 aromatic rings. The van der Waals surface area contributed by atoms with Crippen molar-refractivity contribution in [3.63, 3.8) is 0 Å². The van der Waals surface area contributed by atoms with Crippen molar-refractivity contribution in [2.75, 3.05) is 24.6 Å². The minimum atomic E-state index is -0.777. The highest BCUT2D eigenvalue weighted by atomic mass is 16.5. The maximum atomic E-state index is 12.7. The first-order chi connectivity index (χ1) is 16.0. The van der Waals surface area contributed by atoms with Crippen LogP contribution in [-0.4, -0.2) is 35.8 Å². The van der Waals surface area contributed by atoms with Crippen molar-refractivity contribution in [2.24, 2.45) is 0 Å². The molecule has 0 aromatic heterocycles. The van der Waals surface area contributed by atoms with E-state index < -0.39 is 5.97 Å². The number of anilines is 1. The molecule has 0 fully saturated rings. The van der Waals surface area contributed by atoms with Gasteiger partial charge < -0.3 is 19.2 Å². The number of hydrogen-bond donors (Lipinski definition) is 1. The number of nitrogens with zero attached hydrogens (tertiary/aromatic N) is 2. The number of benzene rings is 3. The standard InChI is InChI=1S/C26H28N2O5/c1-3-28(4-2)17-9-12-21-23(14-17)33-24-16-22(29)19-11-10-18(15-20(19)26(24)27-21)32-13-7-5-6-8-25(30)31/h9-12,14-16H,3-8,13H2,1-2H3,(H,30,31). The van der Waals surface area contributed by atoms with E-state index in [2.05, 4.69) is 18.7 Å². The van der Waals surface area contributed by atoms with Gasteiger partial charge in [0.2, 0.25) is 0 Å². The number of carboxylic acids is 1. The molecule has 1 aliphatic carbocycles. The number of aromatic nitrogens is 1. The number of carbonyl (C=O) groups is 1. The third kappa shape index (κ3) is 4.92. The van der Waals surface area contributed by atoms with Gasteiger partial charge in [-0.3, -0.25) is 9.59 Å². The van der Waals surface area contributed by atoms with E-state index in [1.165, 1.54) is 6.07 Å². The minimum Gasteiger partial charge on any atom is -0.494 e. The fourth-order valence-electron chi connectivity index (χ4n) is 4.06. The van der Waals surface area contributed by atoms with Gasteiger partial charge in [0.15, 0.2) is 16.8 Å². The summed E-state index contributed by atoms with van der Waals surface area (Å²) in [6.07, 6.45) is 2.36. The second kappa shape index (κ2) is 9.90. The van der Waals surface area contributed by atoms with E-state index in [0.717, 1.165) is 37.1 Å². The van der Waals surface area contributed by atoms with Crippen LogP contribution in [0.3, 0.4) is 0 Å². The lowest BCUT2D eigenvalue weighted by atomic mass is 10.0. The number of unbranched alkanes of at least 4 members (excludes halogenated alkanes) is 2. The average molecular weight is 449 g/mol. The minimum absolute atomic E-state index is 0.123. The molecule has 4 rings (SSSR count). The highest BCUT2D eigenvalue weighted by molar-refractivity contribution is 5.97. The Morgan fingerprint density at radius 3 is 2.61 bits per heavy atom. The van der Waals surface area contributed by atoms with Crippen LogP contribution in [0.5, 0.6) is 5.75 Å². The van der Waals surface area contributed by atoms with Crippen LogP contribution in [0.4, 0.5) is 5.69 Å². The lowest BCUT2D eigenvalue weighted by Gasteiger charge is -2.21. The molecule has 0 saturated heterocycles. The molecule has 33 heavy (non-hydrogen) atoms. The fourth-order valence-corrected chi connectivity index (χ4v) is 4.06. The third-order valence-electron chi connectivity index (χ3n) is 5.84. The normalized spacial score (nSPS) is 11.3. The van der Waals surface area contributed by atoms with Crippen LogP contribution < -0.4 is 15.1 Å². The van der Waals surface area contributed by atoms with Crippen molar-refractivity contribution in [3.05, 3.63) is 52.7 Å². The zero-order valence-electron chi connectivity index (χ0n) is 19.0. The molecule has 0 radical (unpaired) electrons. The molecule has 0 atom stereocenters. The van der Waals surface area contributed by atoms with Crippen LogP contribution >= 0.6 is 0 Å². The molecule has 2 aromatic carbocycles. The monoisotopic (exact) mass is 448 g/mol. The quantitative estimate of drug-likeness (QED) is 0.199. The number of rotatable bonds is 10. The first-order valence-electron chi connectivity index (χ1n) is 11.4. The molecule has 0 bridgehead atoms. The molecule has 172 valence electrons. The molecule has 0 amide bonds. The van der Waals surface area contributed by atoms with E-state index in [9.17, 15) is 9.59 Å². The van der Waals surface area contributed by atoms with Crippen LogP contribution in [0.1, 0.15) is 39.5 Å². The maximum Gasteiger partial charge on any atom is 0.303 e. The predicted octanol–water partition coefficient (Wildman–Crippen LogP) is 5.32. The summed E-state index contributed by atoms with van der Waals surface area (Å²) in [5.41, 5.74) is 2.92. The summed E-state index contributed by atoms with van der Waals surface area (Å²) >= 11 is 0. The van der Waals surface area contributed by atoms with Gasteiger partial charge in [-0.15, -0.1) is 0 Å². The van der Waals surface area contributed by atoms with Gasteiger partial charge in [-0.25, -0.2) is 4.98 Å². The smallest absolute Gasteiger partial charge is 0.303 e. The van der Waals surface area contributed by atoms with Crippen molar-refractivity contribution in [3.8, 4) is 17.2 Å². The Balaban J connectivity index is 1.65. The van der Waals surface area contributed by atoms with Gasteiger partial charge in [0.1, 0.15) is 17.0 Å². The molecular weight excluding hydrogens is 420 g/mol. The summed E-state index contributed by atoms with van der Waals surface area (Å²) in [6, 6.07) is 12.8. The maximum absolute atomic E-state index is 12.7. The SMILES string of the molecule is CCN(CC)c1ccc2nc3c4cc(OCCCCCC(=O)O)ccc4c(=O)cc-3oc2c1. The summed E-state index contributed by atoms with van der Waals surface area (Å²) in [6.45, 7) is 6.47. The summed E-state index contributed by atoms with van der Waals surface area (Å²) in [4.78, 5) is 30.3. The van der Waals surface area contributed by atoms with E-state index in [1.54, 1.807) is 12.1 Å². The van der Waals surface area contributed by atoms with Gasteiger partial charge in [0, 0.05) is 48.1 Å². The van der Waals surface area contributed by atoms with Crippen LogP contribution in [-0.2, 0) is 4.79 Å². The summed E-state index contributed by atoms with van der Waals surface area (Å²) in [7, 11) is 0. The molecule has 7 heteroatoms. The number of aliphatic carboxylic acids is 1. The molecule has 2 aliphatic rings. The first-order valence-corrected chi connectivity index (χ1v) is 11.4. The lowest BCUT2D eigenvalue weighted by molar-refractivity contribution is -0.137. The fraction of sp³-hybridized carbons (Fsp3) is 0.346. The zero-order valence-corrected chi connectivity index (χ0v) is 19.0. The highest BCUT2D eigenvalue weighted by Gasteiger charge is 2.17. The van der Waals surface area contributed by atoms with Gasteiger partial charge in [-0.1, -0.05) is 0 Å². The summed E-state index contributed by atoms with van der Waals surface area (Å²) < 4.78 is 12.0. The Morgan fingerprint density at radius 1 is 1.03 bits per heavy atom. The molecular formula is C26H28N2O5. The Morgan fingerprint density at radius 2 is 1.85 bits per heavy atom. The predicted molar refractivity (Wildman–Crippen MR) is 130 cm³/mol. The van der Waals surface area contributed by atoms with E-state index in [4.69, 9.17) is 19.2 Å². The van der Waals surface area contributed by atoms with Crippen molar-refractivity contribution in [1.82, 2.24) is 4.98 Å². The zero-order chi connectivity index (χ0) is 23.4. The van der Waals surface area contributed by atoms with E-state index in [0.29, 0.717) is 46.6 Å². The molecule has 1 heterocycles. The number of fused-ring (bicyclic) bond motifs is 4. The van der Waals surface area contributed by atoms with Crippen molar-refractivity contribution >= 4 is 33.5 Å². The molecule has 1 aliphatic heterocycles. The second-order valence-electron chi connectivity index (χ2n) is 8.02. The van der Waals surface area contributed by atoms with Gasteiger partial charge in [0.25, 0.3) is 0 Å². The van der Waals surface area contributed by atoms with Crippen molar-refractivity contribution < 1.29 is 19.1 Å². The molecule has 0 spiro atoms. The van der Waals surface area contributed by atoms with Gasteiger partial charge in [-0.2, -0.15) is 0 Å². The summed E-state index contributed by atoms with van der Waals surface area (Å²) in [5.74, 6) is 0.314. The first kappa shape index (κ1) is 22.6. The number of ether oxygens (including phenoxy) is 1.